The summed E-state index contributed by atoms with van der Waals surface area (Å²) in [6.45, 7) is 4.06. The number of anilines is 1. The highest BCUT2D eigenvalue weighted by Gasteiger charge is 2.23. The predicted molar refractivity (Wildman–Crippen MR) is 69.1 cm³/mol. The average Bonchev–Trinajstić information content (AvgIpc) is 2.81. The molecule has 2 N–H and O–H groups in total. The molecule has 2 aromatic heterocycles. The standard InChI is InChI=1S/C12H15N3OS/c1-9-3-5-13-11(15-9)14-8-12(2,16)10-4-6-17-7-10/h3-7,16H,8H2,1-2H3,(H,13,14,15). The van der Waals surface area contributed by atoms with Crippen LogP contribution in [0.4, 0.5) is 5.95 Å². The highest BCUT2D eigenvalue weighted by Crippen LogP contribution is 2.22. The lowest BCUT2D eigenvalue weighted by molar-refractivity contribution is 0.0718. The van der Waals surface area contributed by atoms with Crippen molar-refractivity contribution in [1.82, 2.24) is 9.97 Å². The lowest BCUT2D eigenvalue weighted by atomic mass is 9.99. The van der Waals surface area contributed by atoms with Gasteiger partial charge in [-0.1, -0.05) is 0 Å². The number of aromatic nitrogens is 2. The number of aryl methyl sites for hydroxylation is 1. The Kier molecular flexibility index (Phi) is 3.40. The molecule has 2 rings (SSSR count). The maximum atomic E-state index is 10.3. The van der Waals surface area contributed by atoms with Gasteiger partial charge in [-0.2, -0.15) is 11.3 Å². The van der Waals surface area contributed by atoms with Crippen molar-refractivity contribution in [2.45, 2.75) is 19.4 Å². The third kappa shape index (κ3) is 3.01. The molecular formula is C12H15N3OS. The molecule has 0 aliphatic heterocycles. The number of hydrogen-bond acceptors (Lipinski definition) is 5. The van der Waals surface area contributed by atoms with Crippen LogP contribution < -0.4 is 5.32 Å². The maximum Gasteiger partial charge on any atom is 0.222 e. The van der Waals surface area contributed by atoms with E-state index >= 15 is 0 Å². The van der Waals surface area contributed by atoms with Crippen LogP contribution in [-0.2, 0) is 5.60 Å². The molecule has 90 valence electrons. The molecule has 0 fully saturated rings. The van der Waals surface area contributed by atoms with Crippen LogP contribution in [0.2, 0.25) is 0 Å². The Morgan fingerprint density at radius 3 is 2.94 bits per heavy atom. The first-order chi connectivity index (χ1) is 8.08. The van der Waals surface area contributed by atoms with E-state index < -0.39 is 5.60 Å². The van der Waals surface area contributed by atoms with E-state index in [9.17, 15) is 5.11 Å². The van der Waals surface area contributed by atoms with Crippen molar-refractivity contribution in [2.75, 3.05) is 11.9 Å². The van der Waals surface area contributed by atoms with Crippen molar-refractivity contribution in [3.05, 3.63) is 40.3 Å². The van der Waals surface area contributed by atoms with E-state index in [4.69, 9.17) is 0 Å². The number of nitrogens with zero attached hydrogens (tertiary/aromatic N) is 2. The zero-order chi connectivity index (χ0) is 12.3. The first kappa shape index (κ1) is 12.0. The minimum absolute atomic E-state index is 0.382. The second-order valence-corrected chi connectivity index (χ2v) is 4.94. The van der Waals surface area contributed by atoms with Crippen molar-refractivity contribution < 1.29 is 5.11 Å². The van der Waals surface area contributed by atoms with Crippen LogP contribution in [0.1, 0.15) is 18.2 Å². The van der Waals surface area contributed by atoms with Crippen LogP contribution in [0.25, 0.3) is 0 Å². The van der Waals surface area contributed by atoms with E-state index in [0.29, 0.717) is 12.5 Å². The molecule has 0 aliphatic carbocycles. The molecule has 17 heavy (non-hydrogen) atoms. The van der Waals surface area contributed by atoms with Crippen molar-refractivity contribution in [3.63, 3.8) is 0 Å². The van der Waals surface area contributed by atoms with Crippen LogP contribution in [0, 0.1) is 6.92 Å². The number of rotatable bonds is 4. The molecule has 0 aromatic carbocycles. The molecular weight excluding hydrogens is 234 g/mol. The molecule has 5 heteroatoms. The first-order valence-corrected chi connectivity index (χ1v) is 6.31. The van der Waals surface area contributed by atoms with Crippen LogP contribution in [-0.4, -0.2) is 21.6 Å². The fourth-order valence-electron chi connectivity index (χ4n) is 1.46. The molecule has 4 nitrogen and oxygen atoms in total. The summed E-state index contributed by atoms with van der Waals surface area (Å²) in [5.74, 6) is 0.542. The van der Waals surface area contributed by atoms with Crippen molar-refractivity contribution in [2.24, 2.45) is 0 Å². The molecule has 2 aromatic rings. The van der Waals surface area contributed by atoms with Gasteiger partial charge in [0.15, 0.2) is 0 Å². The fraction of sp³-hybridized carbons (Fsp3) is 0.333. The third-order valence-corrected chi connectivity index (χ3v) is 3.21. The van der Waals surface area contributed by atoms with E-state index in [1.165, 1.54) is 0 Å². The van der Waals surface area contributed by atoms with Crippen molar-refractivity contribution in [1.29, 1.82) is 0 Å². The zero-order valence-corrected chi connectivity index (χ0v) is 10.7. The lowest BCUT2D eigenvalue weighted by Crippen LogP contribution is -2.30. The van der Waals surface area contributed by atoms with Gasteiger partial charge in [-0.25, -0.2) is 9.97 Å². The van der Waals surface area contributed by atoms with Gasteiger partial charge in [0.2, 0.25) is 5.95 Å². The summed E-state index contributed by atoms with van der Waals surface area (Å²) in [6, 6.07) is 3.76. The highest BCUT2D eigenvalue weighted by molar-refractivity contribution is 7.08. The summed E-state index contributed by atoms with van der Waals surface area (Å²) in [5.41, 5.74) is 0.896. The van der Waals surface area contributed by atoms with Gasteiger partial charge in [0.1, 0.15) is 5.60 Å². The largest absolute Gasteiger partial charge is 0.384 e. The monoisotopic (exact) mass is 249 g/mol. The molecule has 0 bridgehead atoms. The number of hydrogen-bond donors (Lipinski definition) is 2. The van der Waals surface area contributed by atoms with E-state index in [2.05, 4.69) is 15.3 Å². The van der Waals surface area contributed by atoms with Crippen LogP contribution in [0.3, 0.4) is 0 Å². The van der Waals surface area contributed by atoms with Crippen LogP contribution in [0.5, 0.6) is 0 Å². The highest BCUT2D eigenvalue weighted by atomic mass is 32.1. The van der Waals surface area contributed by atoms with Crippen molar-refractivity contribution in [3.8, 4) is 0 Å². The van der Waals surface area contributed by atoms with Gasteiger partial charge in [-0.05, 0) is 42.3 Å². The van der Waals surface area contributed by atoms with E-state index in [1.807, 2.05) is 29.8 Å². The summed E-state index contributed by atoms with van der Waals surface area (Å²) in [5, 5.41) is 17.2. The Bertz CT molecular complexity index is 482. The summed E-state index contributed by atoms with van der Waals surface area (Å²) < 4.78 is 0. The van der Waals surface area contributed by atoms with Gasteiger partial charge in [0, 0.05) is 11.9 Å². The molecule has 2 heterocycles. The minimum atomic E-state index is -0.910. The number of thiophene rings is 1. The zero-order valence-electron chi connectivity index (χ0n) is 9.84. The van der Waals surface area contributed by atoms with Gasteiger partial charge in [0.05, 0.1) is 6.54 Å². The smallest absolute Gasteiger partial charge is 0.222 e. The van der Waals surface area contributed by atoms with Crippen LogP contribution >= 0.6 is 11.3 Å². The quantitative estimate of drug-likeness (QED) is 0.872. The predicted octanol–water partition coefficient (Wildman–Crippen LogP) is 2.17. The first-order valence-electron chi connectivity index (χ1n) is 5.36. The van der Waals surface area contributed by atoms with Gasteiger partial charge < -0.3 is 10.4 Å². The number of aliphatic hydroxyl groups is 1. The Hall–Kier alpha value is -1.46. The Balaban J connectivity index is 2.03. The minimum Gasteiger partial charge on any atom is -0.384 e. The van der Waals surface area contributed by atoms with Gasteiger partial charge in [-0.15, -0.1) is 0 Å². The normalized spacial score (nSPS) is 14.3. The second kappa shape index (κ2) is 4.81. The molecule has 0 spiro atoms. The summed E-state index contributed by atoms with van der Waals surface area (Å²) in [7, 11) is 0. The molecule has 0 amide bonds. The Morgan fingerprint density at radius 1 is 1.47 bits per heavy atom. The fourth-order valence-corrected chi connectivity index (χ4v) is 2.24. The van der Waals surface area contributed by atoms with E-state index in [0.717, 1.165) is 11.3 Å². The Labute approximate surface area is 104 Å². The average molecular weight is 249 g/mol. The SMILES string of the molecule is Cc1ccnc(NCC(C)(O)c2ccsc2)n1. The van der Waals surface area contributed by atoms with Gasteiger partial charge in [-0.3, -0.25) is 0 Å². The van der Waals surface area contributed by atoms with Gasteiger partial charge in [0.25, 0.3) is 0 Å². The molecule has 0 saturated carbocycles. The third-order valence-electron chi connectivity index (χ3n) is 2.53. The summed E-state index contributed by atoms with van der Waals surface area (Å²) >= 11 is 1.57. The van der Waals surface area contributed by atoms with E-state index in [1.54, 1.807) is 24.5 Å². The van der Waals surface area contributed by atoms with Crippen molar-refractivity contribution >= 4 is 17.3 Å². The van der Waals surface area contributed by atoms with Crippen LogP contribution in [0.15, 0.2) is 29.1 Å². The lowest BCUT2D eigenvalue weighted by Gasteiger charge is -2.22. The maximum absolute atomic E-state index is 10.3. The van der Waals surface area contributed by atoms with Gasteiger partial charge >= 0.3 is 0 Å². The molecule has 0 aliphatic rings. The molecule has 1 unspecified atom stereocenters. The topological polar surface area (TPSA) is 58.0 Å². The molecule has 1 atom stereocenters. The van der Waals surface area contributed by atoms with E-state index in [-0.39, 0.29) is 0 Å². The summed E-state index contributed by atoms with van der Waals surface area (Å²) in [4.78, 5) is 8.32. The Morgan fingerprint density at radius 2 is 2.29 bits per heavy atom. The molecule has 0 radical (unpaired) electrons. The summed E-state index contributed by atoms with van der Waals surface area (Å²) in [6.07, 6.45) is 1.70. The second-order valence-electron chi connectivity index (χ2n) is 4.16. The molecule has 0 saturated heterocycles. The number of nitrogens with one attached hydrogen (secondary N) is 1.